The number of hydrogen-bond acceptors (Lipinski definition) is 4. The molecule has 1 aromatic heterocycles. The van der Waals surface area contributed by atoms with Crippen molar-refractivity contribution in [2.45, 2.75) is 19.4 Å². The lowest BCUT2D eigenvalue weighted by atomic mass is 10.2. The molecule has 2 aromatic rings. The number of carbonyl (C=O) groups excluding carboxylic acids is 3. The molecule has 0 unspecified atom stereocenters. The number of hydrogen-bond donors (Lipinski definition) is 1. The van der Waals surface area contributed by atoms with Gasteiger partial charge in [0.05, 0.1) is 6.54 Å². The Labute approximate surface area is 161 Å². The van der Waals surface area contributed by atoms with Gasteiger partial charge in [0.2, 0.25) is 11.8 Å². The molecule has 1 aliphatic heterocycles. The lowest BCUT2D eigenvalue weighted by Crippen LogP contribution is -2.33. The predicted octanol–water partition coefficient (Wildman–Crippen LogP) is 2.89. The molecular formula is C19H20ClN3O4. The number of imide groups is 1. The minimum absolute atomic E-state index is 0.0967. The van der Waals surface area contributed by atoms with Gasteiger partial charge in [-0.3, -0.25) is 14.5 Å². The summed E-state index contributed by atoms with van der Waals surface area (Å²) in [5.74, 6) is 0.950. The third-order valence-electron chi connectivity index (χ3n) is 4.27. The lowest BCUT2D eigenvalue weighted by molar-refractivity contribution is -0.126. The van der Waals surface area contributed by atoms with Crippen molar-refractivity contribution < 1.29 is 18.8 Å². The number of benzene rings is 1. The Bertz CT molecular complexity index is 847. The van der Waals surface area contributed by atoms with Crippen molar-refractivity contribution in [3.63, 3.8) is 0 Å². The average molecular weight is 390 g/mol. The Hall–Kier alpha value is -2.80. The summed E-state index contributed by atoms with van der Waals surface area (Å²) in [5, 5.41) is 3.43. The maximum absolute atomic E-state index is 12.0. The first-order valence-electron chi connectivity index (χ1n) is 8.61. The van der Waals surface area contributed by atoms with E-state index in [0.29, 0.717) is 23.0 Å². The van der Waals surface area contributed by atoms with Gasteiger partial charge in [-0.1, -0.05) is 11.6 Å². The molecule has 0 bridgehead atoms. The Kier molecular flexibility index (Phi) is 5.81. The van der Waals surface area contributed by atoms with Gasteiger partial charge in [0.25, 0.3) is 0 Å². The Morgan fingerprint density at radius 2 is 1.93 bits per heavy atom. The summed E-state index contributed by atoms with van der Waals surface area (Å²) < 4.78 is 5.72. The standard InChI is InChI=1S/C19H20ClN3O4/c1-22-12-18(25)23(19(22)26)10-2-3-17(24)21-11-15-8-9-16(27-15)13-4-6-14(20)7-5-13/h4-9H,2-3,10-12H2,1H3,(H,21,24). The molecule has 142 valence electrons. The van der Waals surface area contributed by atoms with Crippen LogP contribution in [0.3, 0.4) is 0 Å². The molecular weight excluding hydrogens is 370 g/mol. The first-order chi connectivity index (χ1) is 12.9. The molecule has 7 nitrogen and oxygen atoms in total. The third-order valence-corrected chi connectivity index (χ3v) is 4.52. The Morgan fingerprint density at radius 1 is 1.19 bits per heavy atom. The van der Waals surface area contributed by atoms with Gasteiger partial charge in [-0.25, -0.2) is 4.79 Å². The zero-order chi connectivity index (χ0) is 19.4. The van der Waals surface area contributed by atoms with E-state index in [1.54, 1.807) is 19.2 Å². The van der Waals surface area contributed by atoms with Crippen LogP contribution >= 0.6 is 11.6 Å². The molecule has 0 saturated carbocycles. The van der Waals surface area contributed by atoms with E-state index in [4.69, 9.17) is 16.0 Å². The van der Waals surface area contributed by atoms with Crippen LogP contribution in [-0.4, -0.2) is 47.8 Å². The van der Waals surface area contributed by atoms with Gasteiger partial charge in [-0.15, -0.1) is 0 Å². The molecule has 1 aliphatic rings. The van der Waals surface area contributed by atoms with Crippen LogP contribution in [0.1, 0.15) is 18.6 Å². The van der Waals surface area contributed by atoms with Crippen molar-refractivity contribution in [2.24, 2.45) is 0 Å². The molecule has 4 amide bonds. The molecule has 3 rings (SSSR count). The number of amides is 4. The second kappa shape index (κ2) is 8.26. The molecule has 1 N–H and O–H groups in total. The number of furan rings is 1. The summed E-state index contributed by atoms with van der Waals surface area (Å²) in [6.07, 6.45) is 0.650. The van der Waals surface area contributed by atoms with E-state index < -0.39 is 0 Å². The minimum atomic E-state index is -0.314. The summed E-state index contributed by atoms with van der Waals surface area (Å²) in [5.41, 5.74) is 0.905. The molecule has 8 heteroatoms. The quantitative estimate of drug-likeness (QED) is 0.738. The van der Waals surface area contributed by atoms with Gasteiger partial charge >= 0.3 is 6.03 Å². The van der Waals surface area contributed by atoms with E-state index in [2.05, 4.69) is 5.32 Å². The topological polar surface area (TPSA) is 82.9 Å². The Morgan fingerprint density at radius 3 is 2.59 bits per heavy atom. The van der Waals surface area contributed by atoms with Crippen LogP contribution in [0.2, 0.25) is 5.02 Å². The molecule has 1 aromatic carbocycles. The van der Waals surface area contributed by atoms with Gasteiger partial charge < -0.3 is 14.6 Å². The van der Waals surface area contributed by atoms with Crippen molar-refractivity contribution in [1.29, 1.82) is 0 Å². The number of carbonyl (C=O) groups is 3. The van der Waals surface area contributed by atoms with Gasteiger partial charge in [0.15, 0.2) is 0 Å². The zero-order valence-electron chi connectivity index (χ0n) is 14.9. The molecule has 0 aliphatic carbocycles. The first kappa shape index (κ1) is 19.0. The predicted molar refractivity (Wildman–Crippen MR) is 100.0 cm³/mol. The van der Waals surface area contributed by atoms with Gasteiger partial charge in [0, 0.05) is 30.6 Å². The smallest absolute Gasteiger partial charge is 0.326 e. The van der Waals surface area contributed by atoms with E-state index >= 15 is 0 Å². The highest BCUT2D eigenvalue weighted by Gasteiger charge is 2.32. The molecule has 0 spiro atoms. The van der Waals surface area contributed by atoms with Crippen molar-refractivity contribution in [1.82, 2.24) is 15.1 Å². The number of rotatable bonds is 7. The third kappa shape index (κ3) is 4.68. The van der Waals surface area contributed by atoms with Crippen LogP contribution in [0.5, 0.6) is 0 Å². The zero-order valence-corrected chi connectivity index (χ0v) is 15.7. The number of halogens is 1. The van der Waals surface area contributed by atoms with E-state index in [-0.39, 0.29) is 43.9 Å². The second-order valence-corrected chi connectivity index (χ2v) is 6.77. The second-order valence-electron chi connectivity index (χ2n) is 6.34. The molecule has 2 heterocycles. The van der Waals surface area contributed by atoms with E-state index in [1.165, 1.54) is 9.80 Å². The summed E-state index contributed by atoms with van der Waals surface area (Å²) in [6.45, 7) is 0.618. The van der Waals surface area contributed by atoms with Crippen LogP contribution in [0.25, 0.3) is 11.3 Å². The maximum Gasteiger partial charge on any atom is 0.326 e. The highest BCUT2D eigenvalue weighted by atomic mass is 35.5. The van der Waals surface area contributed by atoms with Crippen molar-refractivity contribution in [2.75, 3.05) is 20.1 Å². The molecule has 1 fully saturated rings. The summed E-state index contributed by atoms with van der Waals surface area (Å²) >= 11 is 5.87. The summed E-state index contributed by atoms with van der Waals surface area (Å²) in [7, 11) is 1.58. The van der Waals surface area contributed by atoms with Gasteiger partial charge in [-0.2, -0.15) is 0 Å². The Balaban J connectivity index is 1.42. The van der Waals surface area contributed by atoms with Gasteiger partial charge in [-0.05, 0) is 42.8 Å². The first-order valence-corrected chi connectivity index (χ1v) is 8.98. The maximum atomic E-state index is 12.0. The van der Waals surface area contributed by atoms with Crippen molar-refractivity contribution in [3.05, 3.63) is 47.2 Å². The monoisotopic (exact) mass is 389 g/mol. The average Bonchev–Trinajstić information content (AvgIpc) is 3.21. The molecule has 0 radical (unpaired) electrons. The fourth-order valence-electron chi connectivity index (χ4n) is 2.80. The van der Waals surface area contributed by atoms with Crippen LogP contribution in [0.4, 0.5) is 4.79 Å². The fourth-order valence-corrected chi connectivity index (χ4v) is 2.93. The van der Waals surface area contributed by atoms with E-state index in [1.807, 2.05) is 24.3 Å². The molecule has 0 atom stereocenters. The van der Waals surface area contributed by atoms with Crippen LogP contribution < -0.4 is 5.32 Å². The van der Waals surface area contributed by atoms with Gasteiger partial charge in [0.1, 0.15) is 18.1 Å². The number of nitrogens with one attached hydrogen (secondary N) is 1. The van der Waals surface area contributed by atoms with Crippen LogP contribution in [0.15, 0.2) is 40.8 Å². The molecule has 27 heavy (non-hydrogen) atoms. The fraction of sp³-hybridized carbons (Fsp3) is 0.316. The summed E-state index contributed by atoms with van der Waals surface area (Å²) in [6, 6.07) is 10.6. The SMILES string of the molecule is CN1CC(=O)N(CCCC(=O)NCc2ccc(-c3ccc(Cl)cc3)o2)C1=O. The highest BCUT2D eigenvalue weighted by molar-refractivity contribution is 6.30. The van der Waals surface area contributed by atoms with Crippen molar-refractivity contribution in [3.8, 4) is 11.3 Å². The number of likely N-dealkylation sites (N-methyl/N-ethyl adjacent to an activating group) is 1. The minimum Gasteiger partial charge on any atom is -0.459 e. The lowest BCUT2D eigenvalue weighted by Gasteiger charge is -2.13. The highest BCUT2D eigenvalue weighted by Crippen LogP contribution is 2.23. The van der Waals surface area contributed by atoms with E-state index in [9.17, 15) is 14.4 Å². The largest absolute Gasteiger partial charge is 0.459 e. The number of urea groups is 1. The van der Waals surface area contributed by atoms with Crippen LogP contribution in [0, 0.1) is 0 Å². The van der Waals surface area contributed by atoms with E-state index in [0.717, 1.165) is 5.56 Å². The van der Waals surface area contributed by atoms with Crippen molar-refractivity contribution >= 4 is 29.4 Å². The number of nitrogens with zero attached hydrogens (tertiary/aromatic N) is 2. The normalized spacial score (nSPS) is 14.1. The van der Waals surface area contributed by atoms with Crippen LogP contribution in [-0.2, 0) is 16.1 Å². The molecule has 1 saturated heterocycles. The summed E-state index contributed by atoms with van der Waals surface area (Å²) in [4.78, 5) is 37.9.